The van der Waals surface area contributed by atoms with Crippen molar-refractivity contribution < 1.29 is 19.1 Å². The summed E-state index contributed by atoms with van der Waals surface area (Å²) < 4.78 is 19.6. The molecule has 10 rings (SSSR count). The number of anilines is 2. The van der Waals surface area contributed by atoms with Gasteiger partial charge in [0.15, 0.2) is 11.3 Å². The molecule has 69 heavy (non-hydrogen) atoms. The Hall–Kier alpha value is -5.72. The second-order valence-electron chi connectivity index (χ2n) is 21.4. The van der Waals surface area contributed by atoms with Crippen molar-refractivity contribution in [3.8, 4) is 22.3 Å². The Morgan fingerprint density at radius 2 is 1.12 bits per heavy atom. The number of hydrogen-bond acceptors (Lipinski definition) is 12. The third-order valence-electron chi connectivity index (χ3n) is 13.5. The van der Waals surface area contributed by atoms with Crippen LogP contribution in [0.1, 0.15) is 142 Å². The van der Waals surface area contributed by atoms with Crippen LogP contribution >= 0.6 is 15.9 Å². The molecule has 0 radical (unpaired) electrons. The summed E-state index contributed by atoms with van der Waals surface area (Å²) in [5, 5.41) is 25.6. The van der Waals surface area contributed by atoms with Crippen molar-refractivity contribution in [2.24, 2.45) is 14.1 Å². The molecule has 2 unspecified atom stereocenters. The third kappa shape index (κ3) is 11.2. The van der Waals surface area contributed by atoms with Gasteiger partial charge in [-0.15, -0.1) is 0 Å². The first-order valence-corrected chi connectivity index (χ1v) is 25.7. The van der Waals surface area contributed by atoms with E-state index in [0.717, 1.165) is 99.6 Å². The molecule has 4 aliphatic rings. The number of amides is 2. The average Bonchev–Trinajstić information content (AvgIpc) is 4.17. The largest absolute Gasteiger partial charge is 0.444 e. The highest BCUT2D eigenvalue weighted by atomic mass is 79.9. The molecule has 0 bridgehead atoms. The lowest BCUT2D eigenvalue weighted by atomic mass is 9.94. The number of nitrogens with one attached hydrogen (secondary N) is 2. The topological polar surface area (TPSA) is 179 Å². The van der Waals surface area contributed by atoms with Crippen LogP contribution in [0.2, 0.25) is 0 Å². The summed E-state index contributed by atoms with van der Waals surface area (Å²) in [7, 11) is 3.82. The van der Waals surface area contributed by atoms with E-state index in [9.17, 15) is 9.59 Å². The summed E-state index contributed by atoms with van der Waals surface area (Å²) in [5.74, 6) is 2.14. The molecule has 0 aromatic carbocycles. The molecule has 4 fully saturated rings. The smallest absolute Gasteiger partial charge is 0.410 e. The fourth-order valence-electron chi connectivity index (χ4n) is 10.2. The predicted molar refractivity (Wildman–Crippen MR) is 269 cm³/mol. The zero-order chi connectivity index (χ0) is 48.6. The minimum Gasteiger partial charge on any atom is -0.444 e. The van der Waals surface area contributed by atoms with Crippen LogP contribution in [0.4, 0.5) is 21.2 Å². The maximum Gasteiger partial charge on any atom is 0.410 e. The number of aromatic nitrogens is 10. The van der Waals surface area contributed by atoms with Crippen molar-refractivity contribution in [3.05, 3.63) is 59.1 Å². The Morgan fingerprint density at radius 3 is 1.64 bits per heavy atom. The van der Waals surface area contributed by atoms with Crippen LogP contribution in [-0.2, 0) is 23.6 Å². The summed E-state index contributed by atoms with van der Waals surface area (Å²) in [6.07, 6.45) is 24.3. The molecule has 2 atom stereocenters. The number of rotatable bonds is 8. The lowest BCUT2D eigenvalue weighted by molar-refractivity contribution is 0.0187. The van der Waals surface area contributed by atoms with Crippen LogP contribution in [0.3, 0.4) is 0 Å². The molecule has 18 nitrogen and oxygen atoms in total. The molecule has 2 aliphatic carbocycles. The first-order valence-electron chi connectivity index (χ1n) is 24.9. The average molecular weight is 1010 g/mol. The molecule has 2 saturated carbocycles. The first-order chi connectivity index (χ1) is 33.0. The number of halogens is 1. The lowest BCUT2D eigenvalue weighted by Gasteiger charge is -2.34. The molecule has 8 heterocycles. The highest BCUT2D eigenvalue weighted by molar-refractivity contribution is 9.10. The quantitative estimate of drug-likeness (QED) is 0.148. The summed E-state index contributed by atoms with van der Waals surface area (Å²) in [6.45, 7) is 14.0. The molecule has 2 amide bonds. The fraction of sp³-hybridized carbons (Fsp3) is 0.600. The zero-order valence-electron chi connectivity index (χ0n) is 41.5. The molecular formula is C50H69BrN14O4. The van der Waals surface area contributed by atoms with E-state index in [0.29, 0.717) is 38.3 Å². The number of carbonyl (C=O) groups excluding carboxylic acids is 2. The van der Waals surface area contributed by atoms with Gasteiger partial charge >= 0.3 is 12.2 Å². The molecule has 6 aromatic heterocycles. The summed E-state index contributed by atoms with van der Waals surface area (Å²) in [6, 6.07) is 3.00. The molecule has 2 saturated heterocycles. The van der Waals surface area contributed by atoms with Gasteiger partial charge in [0.25, 0.3) is 0 Å². The van der Waals surface area contributed by atoms with E-state index >= 15 is 0 Å². The summed E-state index contributed by atoms with van der Waals surface area (Å²) in [4.78, 5) is 39.5. The lowest BCUT2D eigenvalue weighted by Crippen LogP contribution is -2.42. The summed E-state index contributed by atoms with van der Waals surface area (Å²) >= 11 is 3.88. The van der Waals surface area contributed by atoms with E-state index in [1.54, 1.807) is 9.36 Å². The molecule has 2 aliphatic heterocycles. The zero-order valence-corrected chi connectivity index (χ0v) is 43.1. The van der Waals surface area contributed by atoms with Gasteiger partial charge in [-0.2, -0.15) is 29.4 Å². The first kappa shape index (κ1) is 48.3. The number of fused-ring (bicyclic) bond motifs is 2. The van der Waals surface area contributed by atoms with Crippen LogP contribution in [0.5, 0.6) is 0 Å². The monoisotopic (exact) mass is 1010 g/mol. The van der Waals surface area contributed by atoms with Gasteiger partial charge in [0.2, 0.25) is 0 Å². The third-order valence-corrected chi connectivity index (χ3v) is 14.3. The van der Waals surface area contributed by atoms with E-state index in [-0.39, 0.29) is 24.0 Å². The minimum absolute atomic E-state index is 0.0939. The van der Waals surface area contributed by atoms with E-state index in [1.807, 2.05) is 112 Å². The Labute approximate surface area is 413 Å². The molecule has 2 N–H and O–H groups in total. The van der Waals surface area contributed by atoms with Crippen LogP contribution < -0.4 is 10.6 Å². The Morgan fingerprint density at radius 1 is 0.623 bits per heavy atom. The maximum atomic E-state index is 12.8. The fourth-order valence-corrected chi connectivity index (χ4v) is 10.8. The minimum atomic E-state index is -0.517. The van der Waals surface area contributed by atoms with Crippen molar-refractivity contribution in [1.82, 2.24) is 58.6 Å². The van der Waals surface area contributed by atoms with E-state index in [1.165, 1.54) is 38.5 Å². The number of likely N-dealkylation sites (tertiary alicyclic amines) is 2. The molecule has 0 spiro atoms. The van der Waals surface area contributed by atoms with Gasteiger partial charge in [-0.1, -0.05) is 25.7 Å². The van der Waals surface area contributed by atoms with E-state index in [2.05, 4.69) is 47.9 Å². The second-order valence-corrected chi connectivity index (χ2v) is 22.2. The maximum absolute atomic E-state index is 12.8. The molecular weight excluding hydrogens is 941 g/mol. The van der Waals surface area contributed by atoms with Gasteiger partial charge in [0.05, 0.1) is 40.6 Å². The normalized spacial score (nSPS) is 19.6. The Bertz CT molecular complexity index is 2770. The standard InChI is InChI=1S/C25H34BrN7O2.C25H35N7O2/c1-25(2,3)35-24(34)32-11-7-8-16(15-32)21-20(26)23(29-18-9-5-6-10-18)33-22(30-21)19(13-28-33)17-12-27-31(4)14-17;1-25(2,3)34-24(33)31-11-7-8-17(16-31)21-12-22(28-19-9-5-6-10-19)32-23(29-21)20(14-27-32)18-13-26-30(4)15-18/h12-14,16,18,29H,5-11,15H2,1-4H3;12-15,17,19,28H,5-11,16H2,1-4H3. The van der Waals surface area contributed by atoms with Gasteiger partial charge in [0.1, 0.15) is 22.8 Å². The van der Waals surface area contributed by atoms with Gasteiger partial charge in [-0.3, -0.25) is 9.36 Å². The van der Waals surface area contributed by atoms with Crippen LogP contribution in [0.25, 0.3) is 33.5 Å². The second kappa shape index (κ2) is 19.9. The highest BCUT2D eigenvalue weighted by Crippen LogP contribution is 2.39. The highest BCUT2D eigenvalue weighted by Gasteiger charge is 2.34. The number of carbonyl (C=O) groups is 2. The SMILES string of the molecule is Cn1cc(-c2cnn3c(NC4CCCC4)c(Br)c(C4CCCN(C(=O)OC(C)(C)C)C4)nc23)cn1.Cn1cc(-c2cnn3c(NC4CCCC4)cc(C4CCCN(C(=O)OC(C)(C)C)C4)nc23)cn1. The van der Waals surface area contributed by atoms with Crippen LogP contribution in [-0.4, -0.2) is 120 Å². The number of nitrogens with zero attached hydrogens (tertiary/aromatic N) is 12. The van der Waals surface area contributed by atoms with Crippen molar-refractivity contribution >= 4 is 51.0 Å². The van der Waals surface area contributed by atoms with Gasteiger partial charge in [0, 0.05) is 105 Å². The van der Waals surface area contributed by atoms with Crippen molar-refractivity contribution in [2.75, 3.05) is 36.8 Å². The van der Waals surface area contributed by atoms with Gasteiger partial charge in [-0.05, 0) is 109 Å². The molecule has 6 aromatic rings. The number of aryl methyl sites for hydroxylation is 2. The summed E-state index contributed by atoms with van der Waals surface area (Å²) in [5.41, 5.74) is 6.43. The van der Waals surface area contributed by atoms with Crippen molar-refractivity contribution in [2.45, 2.75) is 154 Å². The molecule has 370 valence electrons. The van der Waals surface area contributed by atoms with Crippen LogP contribution in [0, 0.1) is 0 Å². The van der Waals surface area contributed by atoms with Gasteiger partial charge in [-0.25, -0.2) is 19.6 Å². The van der Waals surface area contributed by atoms with E-state index in [4.69, 9.17) is 24.5 Å². The van der Waals surface area contributed by atoms with Crippen molar-refractivity contribution in [1.29, 1.82) is 0 Å². The number of hydrogen-bond donors (Lipinski definition) is 2. The predicted octanol–water partition coefficient (Wildman–Crippen LogP) is 9.96. The Balaban J connectivity index is 0.000000172. The van der Waals surface area contributed by atoms with Gasteiger partial charge < -0.3 is 29.9 Å². The number of piperidine rings is 2. The van der Waals surface area contributed by atoms with Crippen molar-refractivity contribution in [3.63, 3.8) is 0 Å². The van der Waals surface area contributed by atoms with E-state index < -0.39 is 11.2 Å². The Kier molecular flexibility index (Phi) is 14.0. The van der Waals surface area contributed by atoms with Crippen LogP contribution in [0.15, 0.2) is 47.7 Å². The molecule has 19 heteroatoms. The number of ether oxygens (including phenoxy) is 2.